The van der Waals surface area contributed by atoms with Gasteiger partial charge in [-0.2, -0.15) is 0 Å². The van der Waals surface area contributed by atoms with Crippen LogP contribution < -0.4 is 10.6 Å². The van der Waals surface area contributed by atoms with E-state index in [4.69, 9.17) is 11.6 Å². The average Bonchev–Trinajstić information content (AvgIpc) is 2.64. The molecule has 3 aromatic rings. The number of aryl methyl sites for hydroxylation is 2. The molecule has 0 fully saturated rings. The highest BCUT2D eigenvalue weighted by Gasteiger charge is 2.08. The zero-order valence-corrected chi connectivity index (χ0v) is 15.6. The predicted molar refractivity (Wildman–Crippen MR) is 106 cm³/mol. The topological polar surface area (TPSA) is 66.9 Å². The Bertz CT molecular complexity index is 925. The third kappa shape index (κ3) is 4.29. The van der Waals surface area contributed by atoms with Gasteiger partial charge < -0.3 is 10.6 Å². The molecule has 2 N–H and O–H groups in total. The standard InChI is InChI=1S/C20H21ClN4O/c1-3-18-24-17-12-15(21)8-9-16(17)19(25-18)22-10-11-23-20(26)14-6-4-13(2)5-7-14/h4-9,12H,3,10-11H2,1-2H3,(H,23,26)(H,22,24,25). The minimum absolute atomic E-state index is 0.0830. The van der Waals surface area contributed by atoms with Crippen LogP contribution in [0.3, 0.4) is 0 Å². The van der Waals surface area contributed by atoms with E-state index in [-0.39, 0.29) is 5.91 Å². The number of amides is 1. The van der Waals surface area contributed by atoms with Gasteiger partial charge in [0.2, 0.25) is 0 Å². The average molecular weight is 369 g/mol. The summed E-state index contributed by atoms with van der Waals surface area (Å²) >= 11 is 6.07. The Morgan fingerprint density at radius 1 is 1.08 bits per heavy atom. The van der Waals surface area contributed by atoms with E-state index in [1.165, 1.54) is 0 Å². The SMILES string of the molecule is CCc1nc(NCCNC(=O)c2ccc(C)cc2)c2ccc(Cl)cc2n1. The van der Waals surface area contributed by atoms with Crippen LogP contribution in [0.15, 0.2) is 42.5 Å². The zero-order valence-electron chi connectivity index (χ0n) is 14.8. The summed E-state index contributed by atoms with van der Waals surface area (Å²) in [5, 5.41) is 7.76. The number of carbonyl (C=O) groups excluding carboxylic acids is 1. The van der Waals surface area contributed by atoms with Gasteiger partial charge in [0, 0.05) is 35.5 Å². The lowest BCUT2D eigenvalue weighted by molar-refractivity contribution is 0.0955. The summed E-state index contributed by atoms with van der Waals surface area (Å²) in [6.07, 6.45) is 0.737. The summed E-state index contributed by atoms with van der Waals surface area (Å²) in [5.41, 5.74) is 2.60. The largest absolute Gasteiger partial charge is 0.368 e. The summed E-state index contributed by atoms with van der Waals surface area (Å²) in [7, 11) is 0. The molecular weight excluding hydrogens is 348 g/mol. The molecule has 0 spiro atoms. The van der Waals surface area contributed by atoms with Gasteiger partial charge in [-0.15, -0.1) is 0 Å². The van der Waals surface area contributed by atoms with E-state index >= 15 is 0 Å². The first-order valence-corrected chi connectivity index (χ1v) is 8.99. The van der Waals surface area contributed by atoms with Crippen LogP contribution in [0.25, 0.3) is 10.9 Å². The Hall–Kier alpha value is -2.66. The fourth-order valence-corrected chi connectivity index (χ4v) is 2.77. The summed E-state index contributed by atoms with van der Waals surface area (Å²) < 4.78 is 0. The molecule has 6 heteroatoms. The Morgan fingerprint density at radius 3 is 2.58 bits per heavy atom. The minimum Gasteiger partial charge on any atom is -0.368 e. The van der Waals surface area contributed by atoms with E-state index < -0.39 is 0 Å². The summed E-state index contributed by atoms with van der Waals surface area (Å²) in [6.45, 7) is 5.06. The number of nitrogens with one attached hydrogen (secondary N) is 2. The number of aromatic nitrogens is 2. The predicted octanol–water partition coefficient (Wildman–Crippen LogP) is 4.00. The summed E-state index contributed by atoms with van der Waals surface area (Å²) in [4.78, 5) is 21.2. The maximum absolute atomic E-state index is 12.1. The van der Waals surface area contributed by atoms with Crippen LogP contribution in [0.4, 0.5) is 5.82 Å². The Labute approximate surface area is 157 Å². The molecule has 0 radical (unpaired) electrons. The molecule has 3 rings (SSSR count). The van der Waals surface area contributed by atoms with Gasteiger partial charge in [-0.1, -0.05) is 36.2 Å². The second-order valence-electron chi connectivity index (χ2n) is 6.05. The number of hydrogen-bond donors (Lipinski definition) is 2. The zero-order chi connectivity index (χ0) is 18.5. The lowest BCUT2D eigenvalue weighted by atomic mass is 10.1. The smallest absolute Gasteiger partial charge is 0.251 e. The molecular formula is C20H21ClN4O. The van der Waals surface area contributed by atoms with E-state index in [9.17, 15) is 4.79 Å². The normalized spacial score (nSPS) is 10.7. The first kappa shape index (κ1) is 18.1. The fourth-order valence-electron chi connectivity index (χ4n) is 2.61. The summed E-state index contributed by atoms with van der Waals surface area (Å²) in [6, 6.07) is 13.1. The molecule has 1 aromatic heterocycles. The van der Waals surface area contributed by atoms with Crippen molar-refractivity contribution in [2.45, 2.75) is 20.3 Å². The van der Waals surface area contributed by atoms with Crippen molar-refractivity contribution in [3.63, 3.8) is 0 Å². The molecule has 0 saturated heterocycles. The molecule has 134 valence electrons. The van der Waals surface area contributed by atoms with E-state index in [2.05, 4.69) is 20.6 Å². The van der Waals surface area contributed by atoms with Crippen molar-refractivity contribution >= 4 is 34.2 Å². The molecule has 1 amide bonds. The fraction of sp³-hybridized carbons (Fsp3) is 0.250. The van der Waals surface area contributed by atoms with Crippen molar-refractivity contribution in [2.24, 2.45) is 0 Å². The maximum atomic E-state index is 12.1. The number of nitrogens with zero attached hydrogens (tertiary/aromatic N) is 2. The number of halogens is 1. The van der Waals surface area contributed by atoms with Gasteiger partial charge in [-0.05, 0) is 37.3 Å². The van der Waals surface area contributed by atoms with Gasteiger partial charge in [0.05, 0.1) is 5.52 Å². The quantitative estimate of drug-likeness (QED) is 0.645. The van der Waals surface area contributed by atoms with E-state index in [0.29, 0.717) is 23.7 Å². The van der Waals surface area contributed by atoms with Gasteiger partial charge in [-0.25, -0.2) is 9.97 Å². The maximum Gasteiger partial charge on any atom is 0.251 e. The molecule has 0 atom stereocenters. The van der Waals surface area contributed by atoms with Gasteiger partial charge in [0.15, 0.2) is 0 Å². The lowest BCUT2D eigenvalue weighted by Gasteiger charge is -2.11. The van der Waals surface area contributed by atoms with Crippen LogP contribution in [-0.2, 0) is 6.42 Å². The second-order valence-corrected chi connectivity index (χ2v) is 6.49. The van der Waals surface area contributed by atoms with Crippen LogP contribution >= 0.6 is 11.6 Å². The number of fused-ring (bicyclic) bond motifs is 1. The molecule has 5 nitrogen and oxygen atoms in total. The summed E-state index contributed by atoms with van der Waals surface area (Å²) in [5.74, 6) is 1.43. The highest BCUT2D eigenvalue weighted by atomic mass is 35.5. The number of rotatable bonds is 6. The van der Waals surface area contributed by atoms with Crippen LogP contribution in [0, 0.1) is 6.92 Å². The Morgan fingerprint density at radius 2 is 1.85 bits per heavy atom. The van der Waals surface area contributed by atoms with Gasteiger partial charge >= 0.3 is 0 Å². The molecule has 26 heavy (non-hydrogen) atoms. The van der Waals surface area contributed by atoms with Crippen molar-refractivity contribution in [2.75, 3.05) is 18.4 Å². The number of hydrogen-bond acceptors (Lipinski definition) is 4. The van der Waals surface area contributed by atoms with Crippen LogP contribution in [0.1, 0.15) is 28.7 Å². The third-order valence-corrected chi connectivity index (χ3v) is 4.27. The Kier molecular flexibility index (Phi) is 5.68. The number of anilines is 1. The van der Waals surface area contributed by atoms with E-state index in [1.54, 1.807) is 0 Å². The van der Waals surface area contributed by atoms with E-state index in [0.717, 1.165) is 34.5 Å². The first-order valence-electron chi connectivity index (χ1n) is 8.61. The minimum atomic E-state index is -0.0830. The molecule has 2 aromatic carbocycles. The van der Waals surface area contributed by atoms with Gasteiger partial charge in [0.25, 0.3) is 5.91 Å². The third-order valence-electron chi connectivity index (χ3n) is 4.04. The highest BCUT2D eigenvalue weighted by Crippen LogP contribution is 2.23. The van der Waals surface area contributed by atoms with Gasteiger partial charge in [-0.3, -0.25) is 4.79 Å². The molecule has 0 aliphatic rings. The Balaban J connectivity index is 1.64. The molecule has 0 unspecified atom stereocenters. The molecule has 0 aliphatic carbocycles. The monoisotopic (exact) mass is 368 g/mol. The number of carbonyl (C=O) groups is 1. The van der Waals surface area contributed by atoms with Crippen LogP contribution in [0.2, 0.25) is 5.02 Å². The van der Waals surface area contributed by atoms with Crippen LogP contribution in [-0.4, -0.2) is 29.0 Å². The molecule has 0 bridgehead atoms. The van der Waals surface area contributed by atoms with Crippen molar-refractivity contribution in [1.82, 2.24) is 15.3 Å². The van der Waals surface area contributed by atoms with Crippen molar-refractivity contribution in [3.05, 3.63) is 64.4 Å². The highest BCUT2D eigenvalue weighted by molar-refractivity contribution is 6.31. The van der Waals surface area contributed by atoms with E-state index in [1.807, 2.05) is 56.3 Å². The number of benzene rings is 2. The van der Waals surface area contributed by atoms with Crippen molar-refractivity contribution in [1.29, 1.82) is 0 Å². The first-order chi connectivity index (χ1) is 12.6. The lowest BCUT2D eigenvalue weighted by Crippen LogP contribution is -2.29. The van der Waals surface area contributed by atoms with Crippen molar-refractivity contribution in [3.8, 4) is 0 Å². The molecule has 0 aliphatic heterocycles. The van der Waals surface area contributed by atoms with Crippen LogP contribution in [0.5, 0.6) is 0 Å². The van der Waals surface area contributed by atoms with Gasteiger partial charge in [0.1, 0.15) is 11.6 Å². The van der Waals surface area contributed by atoms with Crippen molar-refractivity contribution < 1.29 is 4.79 Å². The molecule has 0 saturated carbocycles. The second kappa shape index (κ2) is 8.15. The molecule has 1 heterocycles.